The summed E-state index contributed by atoms with van der Waals surface area (Å²) in [6, 6.07) is 9.69. The molecular formula is C17H26N2O2. The van der Waals surface area contributed by atoms with E-state index in [2.05, 4.69) is 12.1 Å². The maximum absolute atomic E-state index is 12.2. The maximum Gasteiger partial charge on any atom is 0.239 e. The smallest absolute Gasteiger partial charge is 0.239 e. The van der Waals surface area contributed by atoms with E-state index < -0.39 is 6.04 Å². The summed E-state index contributed by atoms with van der Waals surface area (Å²) in [5, 5.41) is 0. The first-order valence-corrected chi connectivity index (χ1v) is 7.79. The summed E-state index contributed by atoms with van der Waals surface area (Å²) in [5.41, 5.74) is 7.22. The minimum Gasteiger partial charge on any atom is -0.379 e. The zero-order chi connectivity index (χ0) is 15.1. The third-order valence-electron chi connectivity index (χ3n) is 3.90. The Bertz CT molecular complexity index is 432. The Morgan fingerprint density at radius 1 is 1.38 bits per heavy atom. The van der Waals surface area contributed by atoms with Gasteiger partial charge in [-0.3, -0.25) is 4.79 Å². The van der Waals surface area contributed by atoms with Crippen molar-refractivity contribution in [3.05, 3.63) is 35.9 Å². The van der Waals surface area contributed by atoms with Crippen LogP contribution in [-0.4, -0.2) is 43.7 Å². The van der Waals surface area contributed by atoms with Crippen LogP contribution < -0.4 is 5.73 Å². The molecule has 1 aliphatic carbocycles. The molecule has 1 atom stereocenters. The molecule has 4 heteroatoms. The highest BCUT2D eigenvalue weighted by Gasteiger charge is 2.21. The number of likely N-dealkylation sites (N-methyl/N-ethyl adjacent to an activating group) is 1. The van der Waals surface area contributed by atoms with Crippen molar-refractivity contribution in [3.8, 4) is 0 Å². The molecule has 0 spiro atoms. The maximum atomic E-state index is 12.2. The quantitative estimate of drug-likeness (QED) is 0.706. The van der Waals surface area contributed by atoms with Crippen molar-refractivity contribution in [2.24, 2.45) is 11.7 Å². The topological polar surface area (TPSA) is 55.6 Å². The highest BCUT2D eigenvalue weighted by atomic mass is 16.5. The molecule has 1 aromatic carbocycles. The molecule has 1 fully saturated rings. The lowest BCUT2D eigenvalue weighted by atomic mass is 10.1. The molecule has 1 aromatic rings. The van der Waals surface area contributed by atoms with E-state index >= 15 is 0 Å². The fourth-order valence-corrected chi connectivity index (χ4v) is 2.22. The van der Waals surface area contributed by atoms with Gasteiger partial charge < -0.3 is 15.4 Å². The van der Waals surface area contributed by atoms with Gasteiger partial charge in [0.25, 0.3) is 0 Å². The second-order valence-corrected chi connectivity index (χ2v) is 5.91. The van der Waals surface area contributed by atoms with Gasteiger partial charge in [-0.2, -0.15) is 0 Å². The average Bonchev–Trinajstić information content (AvgIpc) is 3.33. The largest absolute Gasteiger partial charge is 0.379 e. The summed E-state index contributed by atoms with van der Waals surface area (Å²) in [6.45, 7) is 2.05. The standard InChI is InChI=1S/C17H26N2O2/c1-19(11-12-21-13-15-7-8-15)17(20)16(18)10-9-14-5-3-2-4-6-14/h2-6,15-16H,7-13,18H2,1H3. The number of aryl methyl sites for hydroxylation is 1. The molecule has 0 aromatic heterocycles. The number of hydrogen-bond acceptors (Lipinski definition) is 3. The number of carbonyl (C=O) groups is 1. The van der Waals surface area contributed by atoms with E-state index in [1.165, 1.54) is 18.4 Å². The number of carbonyl (C=O) groups excluding carboxylic acids is 1. The fraction of sp³-hybridized carbons (Fsp3) is 0.588. The highest BCUT2D eigenvalue weighted by molar-refractivity contribution is 5.81. The number of amides is 1. The van der Waals surface area contributed by atoms with Crippen LogP contribution in [-0.2, 0) is 16.0 Å². The van der Waals surface area contributed by atoms with E-state index in [0.29, 0.717) is 19.6 Å². The molecule has 0 bridgehead atoms. The van der Waals surface area contributed by atoms with E-state index in [9.17, 15) is 4.79 Å². The Morgan fingerprint density at radius 2 is 2.10 bits per heavy atom. The van der Waals surface area contributed by atoms with Gasteiger partial charge in [-0.15, -0.1) is 0 Å². The summed E-state index contributed by atoms with van der Waals surface area (Å²) in [6.07, 6.45) is 4.09. The van der Waals surface area contributed by atoms with Crippen LogP contribution in [0.1, 0.15) is 24.8 Å². The monoisotopic (exact) mass is 290 g/mol. The van der Waals surface area contributed by atoms with Crippen LogP contribution in [0.5, 0.6) is 0 Å². The van der Waals surface area contributed by atoms with Crippen molar-refractivity contribution in [2.45, 2.75) is 31.7 Å². The number of nitrogens with two attached hydrogens (primary N) is 1. The molecule has 1 unspecified atom stereocenters. The Balaban J connectivity index is 1.62. The SMILES string of the molecule is CN(CCOCC1CC1)C(=O)C(N)CCc1ccccc1. The third kappa shape index (κ3) is 5.86. The van der Waals surface area contributed by atoms with Crippen LogP contribution in [0.15, 0.2) is 30.3 Å². The second kappa shape index (κ2) is 8.15. The van der Waals surface area contributed by atoms with Gasteiger partial charge in [0, 0.05) is 20.2 Å². The molecular weight excluding hydrogens is 264 g/mol. The van der Waals surface area contributed by atoms with Gasteiger partial charge in [0.2, 0.25) is 5.91 Å². The van der Waals surface area contributed by atoms with E-state index in [1.54, 1.807) is 11.9 Å². The lowest BCUT2D eigenvalue weighted by Crippen LogP contribution is -2.43. The Kier molecular flexibility index (Phi) is 6.21. The van der Waals surface area contributed by atoms with Crippen molar-refractivity contribution in [2.75, 3.05) is 26.8 Å². The first kappa shape index (κ1) is 16.0. The molecule has 0 saturated heterocycles. The Hall–Kier alpha value is -1.39. The minimum atomic E-state index is -0.432. The summed E-state index contributed by atoms with van der Waals surface area (Å²) in [4.78, 5) is 13.8. The number of benzene rings is 1. The van der Waals surface area contributed by atoms with E-state index in [0.717, 1.165) is 18.9 Å². The molecule has 2 N–H and O–H groups in total. The summed E-state index contributed by atoms with van der Waals surface area (Å²) >= 11 is 0. The van der Waals surface area contributed by atoms with Crippen LogP contribution in [0.25, 0.3) is 0 Å². The minimum absolute atomic E-state index is 0.000882. The molecule has 2 rings (SSSR count). The van der Waals surface area contributed by atoms with Crippen molar-refractivity contribution in [1.29, 1.82) is 0 Å². The van der Waals surface area contributed by atoms with Gasteiger partial charge in [0.15, 0.2) is 0 Å². The third-order valence-corrected chi connectivity index (χ3v) is 3.90. The van der Waals surface area contributed by atoms with Crippen LogP contribution in [0, 0.1) is 5.92 Å². The highest BCUT2D eigenvalue weighted by Crippen LogP contribution is 2.28. The van der Waals surface area contributed by atoms with Gasteiger partial charge >= 0.3 is 0 Å². The zero-order valence-electron chi connectivity index (χ0n) is 12.8. The predicted octanol–water partition coefficient (Wildman–Crippen LogP) is 1.83. The van der Waals surface area contributed by atoms with Crippen molar-refractivity contribution >= 4 is 5.91 Å². The van der Waals surface area contributed by atoms with Crippen LogP contribution in [0.2, 0.25) is 0 Å². The lowest BCUT2D eigenvalue weighted by Gasteiger charge is -2.21. The van der Waals surface area contributed by atoms with E-state index in [1.807, 2.05) is 18.2 Å². The molecule has 21 heavy (non-hydrogen) atoms. The molecule has 1 amide bonds. The van der Waals surface area contributed by atoms with Gasteiger partial charge in [0.1, 0.15) is 0 Å². The zero-order valence-corrected chi connectivity index (χ0v) is 12.8. The number of hydrogen-bond donors (Lipinski definition) is 1. The van der Waals surface area contributed by atoms with Crippen molar-refractivity contribution < 1.29 is 9.53 Å². The molecule has 0 heterocycles. The molecule has 4 nitrogen and oxygen atoms in total. The Morgan fingerprint density at radius 3 is 2.76 bits per heavy atom. The number of nitrogens with zero attached hydrogens (tertiary/aromatic N) is 1. The molecule has 1 saturated carbocycles. The number of ether oxygens (including phenoxy) is 1. The van der Waals surface area contributed by atoms with E-state index in [4.69, 9.17) is 10.5 Å². The molecule has 1 aliphatic rings. The molecule has 116 valence electrons. The van der Waals surface area contributed by atoms with Gasteiger partial charge in [-0.05, 0) is 37.2 Å². The summed E-state index contributed by atoms with van der Waals surface area (Å²) in [5.74, 6) is 0.764. The summed E-state index contributed by atoms with van der Waals surface area (Å²) in [7, 11) is 1.80. The molecule has 0 radical (unpaired) electrons. The van der Waals surface area contributed by atoms with E-state index in [-0.39, 0.29) is 5.91 Å². The second-order valence-electron chi connectivity index (χ2n) is 5.91. The summed E-state index contributed by atoms with van der Waals surface area (Å²) < 4.78 is 5.55. The normalized spacial score (nSPS) is 15.7. The van der Waals surface area contributed by atoms with Crippen LogP contribution in [0.4, 0.5) is 0 Å². The van der Waals surface area contributed by atoms with Gasteiger partial charge in [-0.25, -0.2) is 0 Å². The van der Waals surface area contributed by atoms with Crippen molar-refractivity contribution in [3.63, 3.8) is 0 Å². The molecule has 0 aliphatic heterocycles. The average molecular weight is 290 g/mol. The predicted molar refractivity (Wildman–Crippen MR) is 83.9 cm³/mol. The Labute approximate surface area is 127 Å². The van der Waals surface area contributed by atoms with Crippen LogP contribution >= 0.6 is 0 Å². The van der Waals surface area contributed by atoms with Crippen molar-refractivity contribution in [1.82, 2.24) is 4.90 Å². The first-order valence-electron chi connectivity index (χ1n) is 7.79. The van der Waals surface area contributed by atoms with Gasteiger partial charge in [0.05, 0.1) is 12.6 Å². The number of rotatable bonds is 9. The lowest BCUT2D eigenvalue weighted by molar-refractivity contribution is -0.132. The van der Waals surface area contributed by atoms with Gasteiger partial charge in [-0.1, -0.05) is 30.3 Å². The fourth-order valence-electron chi connectivity index (χ4n) is 2.22. The first-order chi connectivity index (χ1) is 10.2. The van der Waals surface area contributed by atoms with Crippen LogP contribution in [0.3, 0.4) is 0 Å².